The molecule has 0 fully saturated rings. The van der Waals surface area contributed by atoms with Gasteiger partial charge in [0.15, 0.2) is 28.7 Å². The maximum atomic E-state index is 9.48. The molecule has 2 rings (SSSR count). The Hall–Kier alpha value is -3.24. The molecule has 2 aromatic carbocycles. The lowest BCUT2D eigenvalue weighted by Crippen LogP contribution is -1.98. The molecule has 7 heteroatoms. The summed E-state index contributed by atoms with van der Waals surface area (Å²) in [7, 11) is 4.64. The zero-order chi connectivity index (χ0) is 20.5. The summed E-state index contributed by atoms with van der Waals surface area (Å²) < 4.78 is 21.3. The highest BCUT2D eigenvalue weighted by Crippen LogP contribution is 2.38. The lowest BCUT2D eigenvalue weighted by Gasteiger charge is -2.12. The minimum atomic E-state index is -0.512. The first-order chi connectivity index (χ1) is 13.5. The number of benzene rings is 2. The van der Waals surface area contributed by atoms with Gasteiger partial charge in [-0.3, -0.25) is 0 Å². The number of rotatable bonds is 8. The number of hydrogen-bond acceptors (Lipinski definition) is 7. The monoisotopic (exact) mass is 388 g/mol. The molecule has 28 heavy (non-hydrogen) atoms. The van der Waals surface area contributed by atoms with Crippen molar-refractivity contribution >= 4 is 0 Å². The van der Waals surface area contributed by atoms with Crippen molar-refractivity contribution in [2.75, 3.05) is 34.5 Å². The minimum absolute atomic E-state index is 0.253. The Morgan fingerprint density at radius 1 is 0.857 bits per heavy atom. The van der Waals surface area contributed by atoms with E-state index in [2.05, 4.69) is 11.8 Å². The van der Waals surface area contributed by atoms with E-state index in [1.54, 1.807) is 33.5 Å². The normalized spacial score (nSPS) is 10.1. The van der Waals surface area contributed by atoms with Gasteiger partial charge in [-0.25, -0.2) is 0 Å². The van der Waals surface area contributed by atoms with Crippen molar-refractivity contribution in [1.29, 1.82) is 0 Å². The number of ether oxygens (including phenoxy) is 4. The Morgan fingerprint density at radius 2 is 1.46 bits per heavy atom. The van der Waals surface area contributed by atoms with Crippen molar-refractivity contribution in [3.05, 3.63) is 35.4 Å². The first-order valence-corrected chi connectivity index (χ1v) is 8.60. The summed E-state index contributed by atoms with van der Waals surface area (Å²) in [4.78, 5) is 0. The minimum Gasteiger partial charge on any atom is -0.504 e. The smallest absolute Gasteiger partial charge is 0.203 e. The Morgan fingerprint density at radius 3 is 2.00 bits per heavy atom. The number of phenols is 3. The van der Waals surface area contributed by atoms with Crippen LogP contribution in [0.3, 0.4) is 0 Å². The average molecular weight is 388 g/mol. The number of aromatic hydroxyl groups is 3. The summed E-state index contributed by atoms with van der Waals surface area (Å²) in [5, 5.41) is 28.3. The SMILES string of the molecule is COc1cc(C#CCOCCCc2cc(O)c(O)c(O)c2)cc(OC)c1OC. The van der Waals surface area contributed by atoms with Crippen LogP contribution < -0.4 is 14.2 Å². The molecule has 0 bridgehead atoms. The van der Waals surface area contributed by atoms with Crippen molar-refractivity contribution in [3.8, 4) is 46.3 Å². The maximum absolute atomic E-state index is 9.48. The largest absolute Gasteiger partial charge is 0.504 e. The molecule has 0 saturated carbocycles. The first kappa shape index (κ1) is 21.1. The van der Waals surface area contributed by atoms with Crippen LogP contribution in [0.1, 0.15) is 17.5 Å². The second-order valence-corrected chi connectivity index (χ2v) is 5.85. The van der Waals surface area contributed by atoms with E-state index in [0.717, 1.165) is 0 Å². The van der Waals surface area contributed by atoms with Gasteiger partial charge in [0.1, 0.15) is 6.61 Å². The van der Waals surface area contributed by atoms with E-state index in [-0.39, 0.29) is 18.1 Å². The number of methoxy groups -OCH3 is 3. The molecule has 0 aliphatic carbocycles. The predicted molar refractivity (Wildman–Crippen MR) is 104 cm³/mol. The van der Waals surface area contributed by atoms with Gasteiger partial charge in [-0.1, -0.05) is 11.8 Å². The molecule has 7 nitrogen and oxygen atoms in total. The highest BCUT2D eigenvalue weighted by molar-refractivity contribution is 5.57. The molecule has 2 aromatic rings. The number of hydrogen-bond donors (Lipinski definition) is 3. The summed E-state index contributed by atoms with van der Waals surface area (Å²) in [6.45, 7) is 0.717. The van der Waals surface area contributed by atoms with Gasteiger partial charge in [-0.2, -0.15) is 0 Å². The zero-order valence-electron chi connectivity index (χ0n) is 16.1. The Labute approximate surface area is 164 Å². The lowest BCUT2D eigenvalue weighted by molar-refractivity contribution is 0.164. The van der Waals surface area contributed by atoms with Gasteiger partial charge >= 0.3 is 0 Å². The number of aryl methyl sites for hydroxylation is 1. The van der Waals surface area contributed by atoms with Crippen LogP contribution in [0.5, 0.6) is 34.5 Å². The Balaban J connectivity index is 1.84. The fourth-order valence-corrected chi connectivity index (χ4v) is 2.60. The molecule has 3 N–H and O–H groups in total. The van der Waals surface area contributed by atoms with Crippen molar-refractivity contribution in [2.24, 2.45) is 0 Å². The summed E-state index contributed by atoms with van der Waals surface area (Å²) in [5.41, 5.74) is 1.42. The van der Waals surface area contributed by atoms with Crippen LogP contribution in [-0.2, 0) is 11.2 Å². The van der Waals surface area contributed by atoms with Crippen LogP contribution in [0.2, 0.25) is 0 Å². The Bertz CT molecular complexity index is 817. The third kappa shape index (κ3) is 5.38. The highest BCUT2D eigenvalue weighted by atomic mass is 16.5. The van der Waals surface area contributed by atoms with Gasteiger partial charge in [0, 0.05) is 12.2 Å². The molecule has 0 unspecified atom stereocenters. The standard InChI is InChI=1S/C21H24O7/c1-25-18-12-15(13-19(26-2)21(18)27-3)7-5-9-28-8-4-6-14-10-16(22)20(24)17(23)11-14/h10-13,22-24H,4,6,8-9H2,1-3H3. The fourth-order valence-electron chi connectivity index (χ4n) is 2.60. The van der Waals surface area contributed by atoms with E-state index < -0.39 is 5.75 Å². The third-order valence-electron chi connectivity index (χ3n) is 3.96. The van der Waals surface area contributed by atoms with Gasteiger partial charge < -0.3 is 34.3 Å². The van der Waals surface area contributed by atoms with Crippen molar-refractivity contribution in [1.82, 2.24) is 0 Å². The third-order valence-corrected chi connectivity index (χ3v) is 3.96. The quantitative estimate of drug-likeness (QED) is 0.363. The van der Waals surface area contributed by atoms with Crippen LogP contribution in [0.15, 0.2) is 24.3 Å². The summed E-state index contributed by atoms with van der Waals surface area (Å²) in [6, 6.07) is 6.36. The van der Waals surface area contributed by atoms with E-state index in [4.69, 9.17) is 18.9 Å². The van der Waals surface area contributed by atoms with Crippen LogP contribution in [0.25, 0.3) is 0 Å². The second-order valence-electron chi connectivity index (χ2n) is 5.85. The molecular formula is C21H24O7. The van der Waals surface area contributed by atoms with E-state index in [9.17, 15) is 15.3 Å². The van der Waals surface area contributed by atoms with Gasteiger partial charge in [0.25, 0.3) is 0 Å². The molecule has 0 aromatic heterocycles. The summed E-state index contributed by atoms with van der Waals surface area (Å²) in [5.74, 6) is 6.31. The van der Waals surface area contributed by atoms with Gasteiger partial charge in [-0.15, -0.1) is 0 Å². The van der Waals surface area contributed by atoms with Crippen molar-refractivity contribution in [2.45, 2.75) is 12.8 Å². The molecule has 0 atom stereocenters. The van der Waals surface area contributed by atoms with Gasteiger partial charge in [0.2, 0.25) is 5.75 Å². The lowest BCUT2D eigenvalue weighted by atomic mass is 10.1. The maximum Gasteiger partial charge on any atom is 0.203 e. The van der Waals surface area contributed by atoms with E-state index >= 15 is 0 Å². The fraction of sp³-hybridized carbons (Fsp3) is 0.333. The molecule has 0 aliphatic heterocycles. The van der Waals surface area contributed by atoms with E-state index in [0.29, 0.717) is 47.8 Å². The highest BCUT2D eigenvalue weighted by Gasteiger charge is 2.12. The molecule has 0 saturated heterocycles. The predicted octanol–water partition coefficient (Wildman–Crippen LogP) is 2.83. The van der Waals surface area contributed by atoms with Crippen molar-refractivity contribution in [3.63, 3.8) is 0 Å². The molecule has 0 radical (unpaired) electrons. The average Bonchev–Trinajstić information content (AvgIpc) is 2.70. The van der Waals surface area contributed by atoms with Gasteiger partial charge in [-0.05, 0) is 42.7 Å². The van der Waals surface area contributed by atoms with E-state index in [1.165, 1.54) is 12.1 Å². The van der Waals surface area contributed by atoms with Crippen LogP contribution in [0, 0.1) is 11.8 Å². The molecular weight excluding hydrogens is 364 g/mol. The molecule has 0 spiro atoms. The van der Waals surface area contributed by atoms with E-state index in [1.807, 2.05) is 0 Å². The molecule has 0 aliphatic rings. The summed E-state index contributed by atoms with van der Waals surface area (Å²) >= 11 is 0. The molecule has 150 valence electrons. The van der Waals surface area contributed by atoms with Crippen molar-refractivity contribution < 1.29 is 34.3 Å². The topological polar surface area (TPSA) is 97.6 Å². The molecule has 0 amide bonds. The van der Waals surface area contributed by atoms with Gasteiger partial charge in [0.05, 0.1) is 21.3 Å². The van der Waals surface area contributed by atoms with Crippen LogP contribution in [0.4, 0.5) is 0 Å². The van der Waals surface area contributed by atoms with Crippen LogP contribution in [-0.4, -0.2) is 49.9 Å². The zero-order valence-corrected chi connectivity index (χ0v) is 16.1. The van der Waals surface area contributed by atoms with Crippen LogP contribution >= 0.6 is 0 Å². The summed E-state index contributed by atoms with van der Waals surface area (Å²) in [6.07, 6.45) is 1.26. The second kappa shape index (κ2) is 10.2. The Kier molecular flexibility index (Phi) is 7.66. The number of phenolic OH excluding ortho intramolecular Hbond substituents is 3. The molecule has 0 heterocycles. The first-order valence-electron chi connectivity index (χ1n) is 8.60.